The summed E-state index contributed by atoms with van der Waals surface area (Å²) in [7, 11) is 1.36. The summed E-state index contributed by atoms with van der Waals surface area (Å²) in [5.74, 6) is -2.84. The number of rotatable bonds is 7. The number of hydrogen-bond donors (Lipinski definition) is 1. The van der Waals surface area contributed by atoms with Crippen LogP contribution >= 0.6 is 0 Å². The number of carbonyl (C=O) groups excluding carboxylic acids is 3. The second-order valence-corrected chi connectivity index (χ2v) is 8.73. The Morgan fingerprint density at radius 1 is 1.09 bits per heavy atom. The molecule has 0 bridgehead atoms. The minimum absolute atomic E-state index is 0.0827. The summed E-state index contributed by atoms with van der Waals surface area (Å²) in [5, 5.41) is 2.73. The average molecular weight is 469 g/mol. The molecule has 1 unspecified atom stereocenters. The fourth-order valence-corrected chi connectivity index (χ4v) is 4.19. The molecule has 1 N–H and O–H groups in total. The smallest absolute Gasteiger partial charge is 0.312 e. The lowest BCUT2D eigenvalue weighted by Crippen LogP contribution is -2.29. The van der Waals surface area contributed by atoms with E-state index in [0.29, 0.717) is 18.4 Å². The number of carbonyl (C=O) groups is 3. The fraction of sp³-hybridized carbons (Fsp3) is 0.400. The first-order chi connectivity index (χ1) is 16.4. The first-order valence-electron chi connectivity index (χ1n) is 11.3. The van der Waals surface area contributed by atoms with E-state index >= 15 is 0 Å². The van der Waals surface area contributed by atoms with Gasteiger partial charge in [0.05, 0.1) is 13.3 Å². The number of anilines is 1. The molecule has 1 aromatic carbocycles. The molecule has 1 aromatic heterocycles. The van der Waals surface area contributed by atoms with Gasteiger partial charge in [0.1, 0.15) is 23.2 Å². The minimum atomic E-state index is -0.715. The van der Waals surface area contributed by atoms with E-state index in [1.807, 2.05) is 0 Å². The highest BCUT2D eigenvalue weighted by Crippen LogP contribution is 2.34. The fourth-order valence-electron chi connectivity index (χ4n) is 4.19. The number of benzene rings is 1. The van der Waals surface area contributed by atoms with Crippen LogP contribution in [0.2, 0.25) is 0 Å². The number of hydrogen-bond acceptors (Lipinski definition) is 5. The van der Waals surface area contributed by atoms with E-state index in [2.05, 4.69) is 15.3 Å². The Hall–Kier alpha value is -3.49. The first kappa shape index (κ1) is 23.7. The molecule has 178 valence electrons. The second-order valence-electron chi connectivity index (χ2n) is 8.73. The maximum atomic E-state index is 14.5. The number of ketones is 1. The number of nitrogens with one attached hydrogen (secondary N) is 1. The van der Waals surface area contributed by atoms with Crippen LogP contribution < -0.4 is 10.1 Å². The van der Waals surface area contributed by atoms with Gasteiger partial charge in [-0.05, 0) is 56.2 Å². The predicted molar refractivity (Wildman–Crippen MR) is 121 cm³/mol. The lowest BCUT2D eigenvalue weighted by molar-refractivity contribution is -0.136. The Bertz CT molecular complexity index is 1150. The van der Waals surface area contributed by atoms with Crippen LogP contribution in [0.15, 0.2) is 35.5 Å². The van der Waals surface area contributed by atoms with Gasteiger partial charge in [-0.1, -0.05) is 6.42 Å². The van der Waals surface area contributed by atoms with Crippen LogP contribution in [0, 0.1) is 29.4 Å². The Kier molecular flexibility index (Phi) is 7.09. The molecule has 9 heteroatoms. The summed E-state index contributed by atoms with van der Waals surface area (Å²) in [4.78, 5) is 44.3. The van der Waals surface area contributed by atoms with Crippen molar-refractivity contribution in [3.05, 3.63) is 42.1 Å². The van der Waals surface area contributed by atoms with Crippen LogP contribution in [0.5, 0.6) is 5.75 Å². The number of amides is 2. The van der Waals surface area contributed by atoms with Crippen LogP contribution in [-0.2, 0) is 14.4 Å². The van der Waals surface area contributed by atoms with Gasteiger partial charge in [-0.25, -0.2) is 18.8 Å². The molecule has 2 aliphatic carbocycles. The van der Waals surface area contributed by atoms with Crippen molar-refractivity contribution in [2.24, 2.45) is 22.7 Å². The van der Waals surface area contributed by atoms with Crippen LogP contribution in [0.25, 0.3) is 11.1 Å². The quantitative estimate of drug-likeness (QED) is 0.480. The summed E-state index contributed by atoms with van der Waals surface area (Å²) in [6.45, 7) is 0. The zero-order valence-electron chi connectivity index (χ0n) is 18.7. The van der Waals surface area contributed by atoms with Crippen LogP contribution in [0.4, 0.5) is 14.6 Å². The van der Waals surface area contributed by atoms with Gasteiger partial charge in [-0.15, -0.1) is 0 Å². The second kappa shape index (κ2) is 10.2. The van der Waals surface area contributed by atoms with E-state index < -0.39 is 23.3 Å². The molecule has 1 heterocycles. The highest BCUT2D eigenvalue weighted by molar-refractivity contribution is 6.38. The molecule has 2 atom stereocenters. The first-order valence-corrected chi connectivity index (χ1v) is 11.3. The zero-order chi connectivity index (χ0) is 24.2. The van der Waals surface area contributed by atoms with Gasteiger partial charge in [0.15, 0.2) is 0 Å². The van der Waals surface area contributed by atoms with Crippen molar-refractivity contribution in [3.63, 3.8) is 0 Å². The lowest BCUT2D eigenvalue weighted by atomic mass is 9.81. The van der Waals surface area contributed by atoms with Gasteiger partial charge < -0.3 is 10.1 Å². The van der Waals surface area contributed by atoms with Crippen molar-refractivity contribution >= 4 is 29.6 Å². The molecule has 0 spiro atoms. The van der Waals surface area contributed by atoms with Crippen LogP contribution in [-0.4, -0.2) is 35.9 Å². The summed E-state index contributed by atoms with van der Waals surface area (Å²) in [5.41, 5.74) is 0.452. The highest BCUT2D eigenvalue weighted by atomic mass is 19.1. The van der Waals surface area contributed by atoms with Gasteiger partial charge in [0.25, 0.3) is 0 Å². The number of nitrogens with zero attached hydrogens (tertiary/aromatic N) is 2. The number of pyridine rings is 1. The summed E-state index contributed by atoms with van der Waals surface area (Å²) < 4.78 is 33.2. The minimum Gasteiger partial charge on any atom is -0.496 e. The van der Waals surface area contributed by atoms with Crippen molar-refractivity contribution in [1.82, 2.24) is 4.98 Å². The molecule has 0 saturated heterocycles. The molecular weight excluding hydrogens is 444 g/mol. The number of halogens is 2. The van der Waals surface area contributed by atoms with Gasteiger partial charge in [0.2, 0.25) is 11.7 Å². The van der Waals surface area contributed by atoms with Crippen molar-refractivity contribution in [1.29, 1.82) is 0 Å². The van der Waals surface area contributed by atoms with Gasteiger partial charge >= 0.3 is 5.91 Å². The molecule has 4 rings (SSSR count). The maximum Gasteiger partial charge on any atom is 0.312 e. The zero-order valence-corrected chi connectivity index (χ0v) is 18.7. The van der Waals surface area contributed by atoms with Crippen molar-refractivity contribution < 1.29 is 27.9 Å². The molecule has 34 heavy (non-hydrogen) atoms. The molecular formula is C25H25F2N3O4. The van der Waals surface area contributed by atoms with Gasteiger partial charge in [-0.2, -0.15) is 0 Å². The van der Waals surface area contributed by atoms with Gasteiger partial charge in [0, 0.05) is 35.2 Å². The van der Waals surface area contributed by atoms with E-state index in [9.17, 15) is 23.2 Å². The topological polar surface area (TPSA) is 97.7 Å². The number of Topliss-reactive ketones (excluding diaryl/α,β-unsaturated/α-hetero) is 1. The van der Waals surface area contributed by atoms with E-state index in [0.717, 1.165) is 37.9 Å². The molecule has 0 radical (unpaired) electrons. The Morgan fingerprint density at radius 2 is 1.88 bits per heavy atom. The van der Waals surface area contributed by atoms with Crippen molar-refractivity contribution in [2.75, 3.05) is 12.4 Å². The SMILES string of the molecule is COc1cc(F)ccc1-c1cc(NC(=O)[C@H]2CCCC(/C=N/C(=O)C(=O)C3CC3)C2)ncc1F. The largest absolute Gasteiger partial charge is 0.496 e. The molecule has 2 fully saturated rings. The lowest BCUT2D eigenvalue weighted by Gasteiger charge is -2.25. The molecule has 7 nitrogen and oxygen atoms in total. The predicted octanol–water partition coefficient (Wildman–Crippen LogP) is 4.36. The standard InChI is InChI=1S/C25H25F2N3O4/c1-34-21-10-17(26)7-8-18(21)19-11-22(28-13-20(19)27)30-24(32)16-4-2-3-14(9-16)12-29-25(33)23(31)15-5-6-15/h7-8,10-16H,2-6,9H2,1H3,(H,28,30,32)/b29-12+/t14?,16-/m0/s1. The van der Waals surface area contributed by atoms with Crippen LogP contribution in [0.3, 0.4) is 0 Å². The molecule has 2 aromatic rings. The van der Waals surface area contributed by atoms with Gasteiger partial charge in [-0.3, -0.25) is 14.4 Å². The summed E-state index contributed by atoms with van der Waals surface area (Å²) in [6.07, 6.45) is 6.68. The molecule has 2 aliphatic rings. The number of aliphatic imine (C=N–C) groups is 1. The Morgan fingerprint density at radius 3 is 2.62 bits per heavy atom. The van der Waals surface area contributed by atoms with Crippen LogP contribution in [0.1, 0.15) is 38.5 Å². The van der Waals surface area contributed by atoms with E-state index in [-0.39, 0.29) is 40.8 Å². The monoisotopic (exact) mass is 469 g/mol. The Balaban J connectivity index is 1.43. The summed E-state index contributed by atoms with van der Waals surface area (Å²) in [6, 6.07) is 5.13. The molecule has 2 saturated carbocycles. The normalized spacial score (nSPS) is 20.2. The maximum absolute atomic E-state index is 14.5. The number of aromatic nitrogens is 1. The third-order valence-electron chi connectivity index (χ3n) is 6.21. The van der Waals surface area contributed by atoms with E-state index in [1.54, 1.807) is 0 Å². The van der Waals surface area contributed by atoms with Crippen molar-refractivity contribution in [2.45, 2.75) is 38.5 Å². The van der Waals surface area contributed by atoms with E-state index in [1.165, 1.54) is 31.5 Å². The molecule has 0 aliphatic heterocycles. The summed E-state index contributed by atoms with van der Waals surface area (Å²) >= 11 is 0. The average Bonchev–Trinajstić information content (AvgIpc) is 3.69. The molecule has 2 amide bonds. The van der Waals surface area contributed by atoms with Crippen molar-refractivity contribution in [3.8, 4) is 16.9 Å². The van der Waals surface area contributed by atoms with E-state index in [4.69, 9.17) is 4.74 Å². The Labute approximate surface area is 195 Å². The number of ether oxygens (including phenoxy) is 1. The third-order valence-corrected chi connectivity index (χ3v) is 6.21. The number of methoxy groups -OCH3 is 1. The third kappa shape index (κ3) is 5.52. The highest BCUT2D eigenvalue weighted by Gasteiger charge is 2.34.